The van der Waals surface area contributed by atoms with Gasteiger partial charge in [-0.05, 0) is 49.9 Å². The average molecular weight is 354 g/mol. The first-order chi connectivity index (χ1) is 12.7. The van der Waals surface area contributed by atoms with Gasteiger partial charge in [-0.1, -0.05) is 19.4 Å². The number of aryl methyl sites for hydroxylation is 1. The summed E-state index contributed by atoms with van der Waals surface area (Å²) in [4.78, 5) is 26.7. The molecule has 1 aliphatic heterocycles. The molecule has 0 bridgehead atoms. The fourth-order valence-electron chi connectivity index (χ4n) is 3.17. The maximum atomic E-state index is 12.5. The number of piperidine rings is 1. The second-order valence-corrected chi connectivity index (χ2v) is 6.69. The minimum absolute atomic E-state index is 0.179. The van der Waals surface area contributed by atoms with E-state index in [1.54, 1.807) is 0 Å². The van der Waals surface area contributed by atoms with Gasteiger partial charge in [0.25, 0.3) is 11.5 Å². The molecule has 1 saturated heterocycles. The molecule has 2 heterocycles. The summed E-state index contributed by atoms with van der Waals surface area (Å²) in [5.41, 5.74) is 1.95. The number of carbonyl (C=O) groups is 1. The Morgan fingerprint density at radius 2 is 1.96 bits per heavy atom. The van der Waals surface area contributed by atoms with Crippen LogP contribution in [-0.2, 0) is 6.54 Å². The van der Waals surface area contributed by atoms with E-state index in [2.05, 4.69) is 28.3 Å². The normalized spacial score (nSPS) is 14.3. The third kappa shape index (κ3) is 4.50. The molecule has 0 spiro atoms. The summed E-state index contributed by atoms with van der Waals surface area (Å²) < 4.78 is 1.36. The van der Waals surface area contributed by atoms with Crippen LogP contribution in [0.3, 0.4) is 0 Å². The lowest BCUT2D eigenvalue weighted by Gasteiger charge is -2.29. The number of carbonyl (C=O) groups excluding carboxylic acids is 1. The molecule has 138 valence electrons. The summed E-state index contributed by atoms with van der Waals surface area (Å²) in [5, 5.41) is 7.10. The van der Waals surface area contributed by atoms with Crippen LogP contribution >= 0.6 is 0 Å². The van der Waals surface area contributed by atoms with Crippen LogP contribution in [-0.4, -0.2) is 28.8 Å². The van der Waals surface area contributed by atoms with E-state index in [0.717, 1.165) is 37.3 Å². The van der Waals surface area contributed by atoms with E-state index < -0.39 is 0 Å². The lowest BCUT2D eigenvalue weighted by molar-refractivity contribution is 0.102. The zero-order valence-electron chi connectivity index (χ0n) is 15.3. The molecule has 2 aromatic rings. The van der Waals surface area contributed by atoms with Gasteiger partial charge in [-0.25, -0.2) is 4.68 Å². The second kappa shape index (κ2) is 8.65. The van der Waals surface area contributed by atoms with Crippen molar-refractivity contribution in [2.24, 2.45) is 0 Å². The van der Waals surface area contributed by atoms with Crippen LogP contribution in [0.1, 0.15) is 49.5 Å². The first-order valence-electron chi connectivity index (χ1n) is 9.42. The molecule has 1 aromatic heterocycles. The van der Waals surface area contributed by atoms with Crippen molar-refractivity contribution < 1.29 is 4.79 Å². The Morgan fingerprint density at radius 1 is 1.15 bits per heavy atom. The largest absolute Gasteiger partial charge is 0.371 e. The fourth-order valence-corrected chi connectivity index (χ4v) is 3.17. The standard InChI is InChI=1S/C20H26N4O2/c1-2-3-14-24-19(25)11-10-18(22-24)20(26)21-16-8-7-9-17(15-16)23-12-5-4-6-13-23/h7-11,15H,2-6,12-14H2,1H3,(H,21,26). The van der Waals surface area contributed by atoms with Gasteiger partial charge in [-0.3, -0.25) is 9.59 Å². The van der Waals surface area contributed by atoms with E-state index in [1.165, 1.54) is 36.1 Å². The van der Waals surface area contributed by atoms with Crippen molar-refractivity contribution in [1.29, 1.82) is 0 Å². The van der Waals surface area contributed by atoms with Crippen molar-refractivity contribution in [1.82, 2.24) is 9.78 Å². The number of benzene rings is 1. The number of amides is 1. The number of anilines is 2. The van der Waals surface area contributed by atoms with E-state index in [0.29, 0.717) is 6.54 Å². The quantitative estimate of drug-likeness (QED) is 0.864. The lowest BCUT2D eigenvalue weighted by Crippen LogP contribution is -2.29. The summed E-state index contributed by atoms with van der Waals surface area (Å²) in [5.74, 6) is -0.300. The van der Waals surface area contributed by atoms with Gasteiger partial charge in [0, 0.05) is 37.1 Å². The molecule has 0 unspecified atom stereocenters. The summed E-state index contributed by atoms with van der Waals surface area (Å²) >= 11 is 0. The smallest absolute Gasteiger partial charge is 0.276 e. The van der Waals surface area contributed by atoms with Crippen LogP contribution in [0.4, 0.5) is 11.4 Å². The number of aromatic nitrogens is 2. The van der Waals surface area contributed by atoms with Crippen LogP contribution in [0.2, 0.25) is 0 Å². The minimum Gasteiger partial charge on any atom is -0.371 e. The molecule has 3 rings (SSSR count). The summed E-state index contributed by atoms with van der Waals surface area (Å²) in [6.45, 7) is 4.69. The molecular weight excluding hydrogens is 328 g/mol. The van der Waals surface area contributed by atoms with E-state index in [9.17, 15) is 9.59 Å². The molecule has 1 amide bonds. The van der Waals surface area contributed by atoms with Crippen molar-refractivity contribution >= 4 is 17.3 Å². The first-order valence-corrected chi connectivity index (χ1v) is 9.42. The third-order valence-electron chi connectivity index (χ3n) is 4.65. The number of nitrogens with one attached hydrogen (secondary N) is 1. The Kier molecular flexibility index (Phi) is 6.04. The van der Waals surface area contributed by atoms with Crippen LogP contribution in [0.15, 0.2) is 41.2 Å². The number of nitrogens with zero attached hydrogens (tertiary/aromatic N) is 3. The van der Waals surface area contributed by atoms with Crippen molar-refractivity contribution in [2.75, 3.05) is 23.3 Å². The highest BCUT2D eigenvalue weighted by atomic mass is 16.2. The van der Waals surface area contributed by atoms with Crippen LogP contribution in [0.25, 0.3) is 0 Å². The highest BCUT2D eigenvalue weighted by Gasteiger charge is 2.13. The van der Waals surface area contributed by atoms with E-state index in [1.807, 2.05) is 18.2 Å². The van der Waals surface area contributed by atoms with Gasteiger partial charge >= 0.3 is 0 Å². The summed E-state index contributed by atoms with van der Waals surface area (Å²) in [7, 11) is 0. The number of hydrogen-bond acceptors (Lipinski definition) is 4. The molecular formula is C20H26N4O2. The van der Waals surface area contributed by atoms with E-state index in [4.69, 9.17) is 0 Å². The molecule has 1 aromatic carbocycles. The number of rotatable bonds is 6. The predicted octanol–water partition coefficient (Wildman–Crippen LogP) is 3.29. The zero-order chi connectivity index (χ0) is 18.4. The highest BCUT2D eigenvalue weighted by molar-refractivity contribution is 6.02. The van der Waals surface area contributed by atoms with Gasteiger partial charge in [-0.2, -0.15) is 5.10 Å². The Hall–Kier alpha value is -2.63. The third-order valence-corrected chi connectivity index (χ3v) is 4.65. The van der Waals surface area contributed by atoms with Crippen molar-refractivity contribution in [2.45, 2.75) is 45.6 Å². The Bertz CT molecular complexity index is 809. The summed E-state index contributed by atoms with van der Waals surface area (Å²) in [6, 6.07) is 10.8. The average Bonchev–Trinajstić information content (AvgIpc) is 2.68. The van der Waals surface area contributed by atoms with Crippen LogP contribution in [0, 0.1) is 0 Å². The van der Waals surface area contributed by atoms with Crippen molar-refractivity contribution in [3.63, 3.8) is 0 Å². The lowest BCUT2D eigenvalue weighted by atomic mass is 10.1. The molecule has 6 nitrogen and oxygen atoms in total. The molecule has 1 aliphatic rings. The zero-order valence-corrected chi connectivity index (χ0v) is 15.3. The Balaban J connectivity index is 1.72. The molecule has 0 saturated carbocycles. The highest BCUT2D eigenvalue weighted by Crippen LogP contribution is 2.23. The van der Waals surface area contributed by atoms with E-state index in [-0.39, 0.29) is 17.2 Å². The molecule has 1 N–H and O–H groups in total. The molecule has 0 radical (unpaired) electrons. The molecule has 1 fully saturated rings. The predicted molar refractivity (Wildman–Crippen MR) is 104 cm³/mol. The van der Waals surface area contributed by atoms with Gasteiger partial charge < -0.3 is 10.2 Å². The first kappa shape index (κ1) is 18.2. The fraction of sp³-hybridized carbons (Fsp3) is 0.450. The van der Waals surface area contributed by atoms with Crippen molar-refractivity contribution in [3.05, 3.63) is 52.4 Å². The summed E-state index contributed by atoms with van der Waals surface area (Å²) in [6.07, 6.45) is 5.52. The Labute approximate surface area is 153 Å². The monoisotopic (exact) mass is 354 g/mol. The van der Waals surface area contributed by atoms with Gasteiger partial charge in [0.15, 0.2) is 0 Å². The van der Waals surface area contributed by atoms with Gasteiger partial charge in [-0.15, -0.1) is 0 Å². The number of hydrogen-bond donors (Lipinski definition) is 1. The van der Waals surface area contributed by atoms with Crippen LogP contribution in [0.5, 0.6) is 0 Å². The molecule has 0 aliphatic carbocycles. The van der Waals surface area contributed by atoms with Crippen LogP contribution < -0.4 is 15.8 Å². The molecule has 6 heteroatoms. The van der Waals surface area contributed by atoms with E-state index >= 15 is 0 Å². The maximum absolute atomic E-state index is 12.5. The minimum atomic E-state index is -0.300. The molecule has 0 atom stereocenters. The van der Waals surface area contributed by atoms with Gasteiger partial charge in [0.1, 0.15) is 5.69 Å². The number of unbranched alkanes of at least 4 members (excludes halogenated alkanes) is 1. The maximum Gasteiger partial charge on any atom is 0.276 e. The van der Waals surface area contributed by atoms with Crippen molar-refractivity contribution in [3.8, 4) is 0 Å². The molecule has 26 heavy (non-hydrogen) atoms. The SMILES string of the molecule is CCCCn1nc(C(=O)Nc2cccc(N3CCCCC3)c2)ccc1=O. The Morgan fingerprint density at radius 3 is 2.73 bits per heavy atom. The topological polar surface area (TPSA) is 67.2 Å². The van der Waals surface area contributed by atoms with Gasteiger partial charge in [0.05, 0.1) is 0 Å². The second-order valence-electron chi connectivity index (χ2n) is 6.69. The van der Waals surface area contributed by atoms with Gasteiger partial charge in [0.2, 0.25) is 0 Å².